The largest absolute Gasteiger partial charge is 0.425 e. The molecule has 0 amide bonds. The molecule has 0 bridgehead atoms. The van der Waals surface area contributed by atoms with E-state index in [1.165, 1.54) is 64.2 Å². The molecule has 126 valence electrons. The zero-order valence-electron chi connectivity index (χ0n) is 14.1. The zero-order chi connectivity index (χ0) is 16.2. The maximum absolute atomic E-state index is 11.4. The summed E-state index contributed by atoms with van der Waals surface area (Å²) in [6, 6.07) is 0. The number of cyclic esters (lactones) is 1. The number of allylic oxidation sites excluding steroid dienone is 1. The molecule has 3 heteroatoms. The summed E-state index contributed by atoms with van der Waals surface area (Å²) in [5.41, 5.74) is 0.358. The highest BCUT2D eigenvalue weighted by Gasteiger charge is 2.32. The average molecular weight is 308 g/mol. The molecule has 3 nitrogen and oxygen atoms in total. The van der Waals surface area contributed by atoms with E-state index in [0.29, 0.717) is 5.57 Å². The Hall–Kier alpha value is -1.09. The minimum absolute atomic E-state index is 0.148. The molecular formula is C19H32O3. The van der Waals surface area contributed by atoms with Crippen LogP contribution in [0.2, 0.25) is 0 Å². The van der Waals surface area contributed by atoms with E-state index in [1.807, 2.05) is 0 Å². The van der Waals surface area contributed by atoms with Crippen LogP contribution >= 0.6 is 0 Å². The van der Waals surface area contributed by atoms with Gasteiger partial charge in [0.1, 0.15) is 11.9 Å². The van der Waals surface area contributed by atoms with Gasteiger partial charge in [0, 0.05) is 0 Å². The van der Waals surface area contributed by atoms with Gasteiger partial charge in [0.2, 0.25) is 0 Å². The summed E-state index contributed by atoms with van der Waals surface area (Å²) in [4.78, 5) is 11.4. The summed E-state index contributed by atoms with van der Waals surface area (Å²) in [7, 11) is 0. The first kappa shape index (κ1) is 19.0. The maximum Gasteiger partial charge on any atom is 0.341 e. The number of hydrogen-bond donors (Lipinski definition) is 1. The highest BCUT2D eigenvalue weighted by Crippen LogP contribution is 2.23. The third-order valence-electron chi connectivity index (χ3n) is 4.23. The molecule has 1 fully saturated rings. The lowest BCUT2D eigenvalue weighted by molar-refractivity contribution is -0.132. The van der Waals surface area contributed by atoms with Gasteiger partial charge in [0.05, 0.1) is 5.57 Å². The van der Waals surface area contributed by atoms with Crippen molar-refractivity contribution in [2.24, 2.45) is 0 Å². The van der Waals surface area contributed by atoms with Gasteiger partial charge < -0.3 is 9.84 Å². The van der Waals surface area contributed by atoms with Gasteiger partial charge in [0.25, 0.3) is 0 Å². The molecule has 0 radical (unpaired) electrons. The Labute approximate surface area is 135 Å². The summed E-state index contributed by atoms with van der Waals surface area (Å²) >= 11 is 0. The summed E-state index contributed by atoms with van der Waals surface area (Å²) in [6.45, 7) is 5.76. The summed E-state index contributed by atoms with van der Waals surface area (Å²) < 4.78 is 4.79. The molecule has 1 heterocycles. The van der Waals surface area contributed by atoms with Crippen molar-refractivity contribution in [3.8, 4) is 0 Å². The predicted octanol–water partition coefficient (Wildman–Crippen LogP) is 5.05. The zero-order valence-corrected chi connectivity index (χ0v) is 14.1. The first-order valence-electron chi connectivity index (χ1n) is 8.96. The van der Waals surface area contributed by atoms with Crippen LogP contribution in [0, 0.1) is 0 Å². The van der Waals surface area contributed by atoms with Crippen LogP contribution in [0.25, 0.3) is 0 Å². The van der Waals surface area contributed by atoms with Crippen LogP contribution in [0.5, 0.6) is 0 Å². The minimum Gasteiger partial charge on any atom is -0.425 e. The van der Waals surface area contributed by atoms with Crippen molar-refractivity contribution in [3.05, 3.63) is 24.0 Å². The third-order valence-corrected chi connectivity index (χ3v) is 4.23. The van der Waals surface area contributed by atoms with Crippen molar-refractivity contribution in [3.63, 3.8) is 0 Å². The smallest absolute Gasteiger partial charge is 0.341 e. The number of rotatable bonds is 12. The first-order chi connectivity index (χ1) is 10.7. The Kier molecular flexibility index (Phi) is 9.89. The van der Waals surface area contributed by atoms with E-state index in [9.17, 15) is 9.90 Å². The molecule has 1 saturated heterocycles. The molecule has 22 heavy (non-hydrogen) atoms. The molecule has 0 saturated carbocycles. The van der Waals surface area contributed by atoms with Gasteiger partial charge >= 0.3 is 5.97 Å². The van der Waals surface area contributed by atoms with Crippen molar-refractivity contribution in [1.82, 2.24) is 0 Å². The number of aliphatic hydroxyl groups excluding tert-OH is 1. The molecule has 0 spiro atoms. The molecule has 0 aliphatic carbocycles. The van der Waals surface area contributed by atoms with E-state index in [1.54, 1.807) is 6.08 Å². The lowest BCUT2D eigenvalue weighted by Crippen LogP contribution is -2.07. The quantitative estimate of drug-likeness (QED) is 0.312. The van der Waals surface area contributed by atoms with Crippen molar-refractivity contribution in [1.29, 1.82) is 0 Å². The molecule has 0 aromatic carbocycles. The molecule has 1 atom stereocenters. The fourth-order valence-electron chi connectivity index (χ4n) is 2.78. The Morgan fingerprint density at radius 1 is 1.00 bits per heavy atom. The maximum atomic E-state index is 11.4. The summed E-state index contributed by atoms with van der Waals surface area (Å²) in [5, 5.41) is 9.69. The van der Waals surface area contributed by atoms with E-state index < -0.39 is 12.1 Å². The molecular weight excluding hydrogens is 276 g/mol. The van der Waals surface area contributed by atoms with E-state index in [0.717, 1.165) is 12.8 Å². The number of carbonyl (C=O) groups is 1. The van der Waals surface area contributed by atoms with Gasteiger partial charge in [-0.2, -0.15) is 0 Å². The summed E-state index contributed by atoms with van der Waals surface area (Å²) in [5.74, 6) is -0.296. The monoisotopic (exact) mass is 308 g/mol. The normalized spacial score (nSPS) is 19.9. The molecule has 1 aliphatic heterocycles. The first-order valence-corrected chi connectivity index (χ1v) is 8.96. The SMILES string of the molecule is C=C1OC(=O)C(=CCCCCCCCCCCCCC)[C@H]1O. The Morgan fingerprint density at radius 2 is 1.50 bits per heavy atom. The van der Waals surface area contributed by atoms with Crippen molar-refractivity contribution in [2.75, 3.05) is 0 Å². The Morgan fingerprint density at radius 3 is 1.95 bits per heavy atom. The van der Waals surface area contributed by atoms with Crippen molar-refractivity contribution >= 4 is 5.97 Å². The second-order valence-electron chi connectivity index (χ2n) is 6.24. The third kappa shape index (κ3) is 7.26. The topological polar surface area (TPSA) is 46.5 Å². The van der Waals surface area contributed by atoms with Crippen molar-refractivity contribution < 1.29 is 14.6 Å². The second kappa shape index (κ2) is 11.5. The molecule has 1 N–H and O–H groups in total. The number of hydrogen-bond acceptors (Lipinski definition) is 3. The number of unbranched alkanes of at least 4 members (excludes halogenated alkanes) is 11. The van der Waals surface area contributed by atoms with E-state index >= 15 is 0 Å². The van der Waals surface area contributed by atoms with Gasteiger partial charge in [-0.05, 0) is 12.8 Å². The number of carbonyl (C=O) groups excluding carboxylic acids is 1. The van der Waals surface area contributed by atoms with Crippen LogP contribution in [0.3, 0.4) is 0 Å². The lowest BCUT2D eigenvalue weighted by Gasteiger charge is -2.02. The van der Waals surface area contributed by atoms with Crippen molar-refractivity contribution in [2.45, 2.75) is 90.1 Å². The van der Waals surface area contributed by atoms with E-state index in [2.05, 4.69) is 13.5 Å². The predicted molar refractivity (Wildman–Crippen MR) is 90.4 cm³/mol. The molecule has 0 unspecified atom stereocenters. The summed E-state index contributed by atoms with van der Waals surface area (Å²) in [6.07, 6.45) is 16.1. The second-order valence-corrected chi connectivity index (χ2v) is 6.24. The van der Waals surface area contributed by atoms with Crippen LogP contribution in [0.1, 0.15) is 84.0 Å². The fraction of sp³-hybridized carbons (Fsp3) is 0.737. The van der Waals surface area contributed by atoms with Gasteiger partial charge in [-0.15, -0.1) is 0 Å². The van der Waals surface area contributed by atoms with Gasteiger partial charge in [-0.1, -0.05) is 83.8 Å². The fourth-order valence-corrected chi connectivity index (χ4v) is 2.78. The average Bonchev–Trinajstić information content (AvgIpc) is 2.74. The molecule has 0 aromatic rings. The van der Waals surface area contributed by atoms with Crippen LogP contribution in [0.4, 0.5) is 0 Å². The Bertz CT molecular complexity index is 371. The van der Waals surface area contributed by atoms with Crippen LogP contribution in [-0.4, -0.2) is 17.2 Å². The lowest BCUT2D eigenvalue weighted by atomic mass is 10.0. The Balaban J connectivity index is 1.94. The van der Waals surface area contributed by atoms with Gasteiger partial charge in [0.15, 0.2) is 0 Å². The van der Waals surface area contributed by atoms with Gasteiger partial charge in [-0.3, -0.25) is 0 Å². The molecule has 1 rings (SSSR count). The van der Waals surface area contributed by atoms with Crippen LogP contribution < -0.4 is 0 Å². The highest BCUT2D eigenvalue weighted by atomic mass is 16.6. The number of aliphatic hydroxyl groups is 1. The molecule has 1 aliphatic rings. The highest BCUT2D eigenvalue weighted by molar-refractivity contribution is 5.93. The van der Waals surface area contributed by atoms with Gasteiger partial charge in [-0.25, -0.2) is 4.79 Å². The number of ether oxygens (including phenoxy) is 1. The minimum atomic E-state index is -0.930. The van der Waals surface area contributed by atoms with E-state index in [-0.39, 0.29) is 5.76 Å². The van der Waals surface area contributed by atoms with Crippen LogP contribution in [0.15, 0.2) is 24.0 Å². The van der Waals surface area contributed by atoms with E-state index in [4.69, 9.17) is 4.74 Å². The standard InChI is InChI=1S/C19H32O3/c1-3-4-5-6-7-8-9-10-11-12-13-14-15-17-18(20)16(2)22-19(17)21/h15,18,20H,2-14H2,1H3/t18-/m0/s1. The van der Waals surface area contributed by atoms with Crippen LogP contribution in [-0.2, 0) is 9.53 Å². The molecule has 0 aromatic heterocycles. The number of esters is 1.